The van der Waals surface area contributed by atoms with Crippen LogP contribution in [0.3, 0.4) is 0 Å². The number of amides is 2. The Morgan fingerprint density at radius 2 is 2.00 bits per heavy atom. The molecule has 0 saturated carbocycles. The Labute approximate surface area is 141 Å². The molecule has 1 unspecified atom stereocenters. The van der Waals surface area contributed by atoms with Gasteiger partial charge in [0, 0.05) is 6.54 Å². The van der Waals surface area contributed by atoms with Crippen LogP contribution >= 0.6 is 0 Å². The molecular weight excluding hydrogens is 304 g/mol. The topological polar surface area (TPSA) is 61.8 Å². The highest BCUT2D eigenvalue weighted by atomic mass is 16.5. The fourth-order valence-corrected chi connectivity index (χ4v) is 3.13. The highest BCUT2D eigenvalue weighted by molar-refractivity contribution is 5.91. The molecule has 1 atom stereocenters. The number of nitrogens with one attached hydrogen (secondary N) is 1. The molecule has 2 aromatic carbocycles. The molecule has 0 saturated heterocycles. The van der Waals surface area contributed by atoms with Gasteiger partial charge in [0.25, 0.3) is 0 Å². The maximum atomic E-state index is 12.8. The lowest BCUT2D eigenvalue weighted by molar-refractivity contribution is 0.135. The van der Waals surface area contributed by atoms with Crippen molar-refractivity contribution in [3.8, 4) is 5.75 Å². The lowest BCUT2D eigenvalue weighted by Gasteiger charge is -2.36. The van der Waals surface area contributed by atoms with E-state index in [1.54, 1.807) is 4.90 Å². The molecule has 1 aliphatic rings. The second-order valence-corrected chi connectivity index (χ2v) is 5.70. The summed E-state index contributed by atoms with van der Waals surface area (Å²) in [5.41, 5.74) is 2.84. The molecule has 0 bridgehead atoms. The number of benzene rings is 2. The van der Waals surface area contributed by atoms with E-state index < -0.39 is 0 Å². The van der Waals surface area contributed by atoms with Gasteiger partial charge in [-0.1, -0.05) is 36.4 Å². The van der Waals surface area contributed by atoms with Gasteiger partial charge in [-0.3, -0.25) is 0 Å². The summed E-state index contributed by atoms with van der Waals surface area (Å²) in [6.45, 7) is 2.91. The number of nitrogens with zero attached hydrogens (tertiary/aromatic N) is 1. The molecule has 1 aliphatic heterocycles. The molecule has 126 valence electrons. The van der Waals surface area contributed by atoms with E-state index in [9.17, 15) is 9.90 Å². The van der Waals surface area contributed by atoms with Gasteiger partial charge in [0.05, 0.1) is 24.9 Å². The van der Waals surface area contributed by atoms with Crippen molar-refractivity contribution in [3.63, 3.8) is 0 Å². The summed E-state index contributed by atoms with van der Waals surface area (Å²) in [5.74, 6) is 0.645. The molecule has 1 heterocycles. The summed E-state index contributed by atoms with van der Waals surface area (Å²) >= 11 is 0. The van der Waals surface area contributed by atoms with Gasteiger partial charge >= 0.3 is 6.03 Å². The van der Waals surface area contributed by atoms with Crippen molar-refractivity contribution in [2.75, 3.05) is 25.1 Å². The van der Waals surface area contributed by atoms with Gasteiger partial charge < -0.3 is 20.1 Å². The van der Waals surface area contributed by atoms with Crippen LogP contribution in [0.2, 0.25) is 0 Å². The van der Waals surface area contributed by atoms with Gasteiger partial charge in [-0.05, 0) is 36.6 Å². The van der Waals surface area contributed by atoms with E-state index in [-0.39, 0.29) is 18.7 Å². The predicted molar refractivity (Wildman–Crippen MR) is 93.3 cm³/mol. The first-order valence-corrected chi connectivity index (χ1v) is 8.22. The summed E-state index contributed by atoms with van der Waals surface area (Å²) in [4.78, 5) is 14.4. The second kappa shape index (κ2) is 7.36. The fourth-order valence-electron chi connectivity index (χ4n) is 3.13. The number of aliphatic hydroxyl groups excluding tert-OH is 1. The molecule has 2 amide bonds. The first kappa shape index (κ1) is 16.3. The van der Waals surface area contributed by atoms with Crippen molar-refractivity contribution < 1.29 is 14.6 Å². The molecule has 5 nitrogen and oxygen atoms in total. The number of aliphatic hydroxyl groups is 1. The summed E-state index contributed by atoms with van der Waals surface area (Å²) in [6.07, 6.45) is 0.785. The normalized spacial score (nSPS) is 16.4. The van der Waals surface area contributed by atoms with Crippen molar-refractivity contribution in [1.29, 1.82) is 0 Å². The van der Waals surface area contributed by atoms with Crippen LogP contribution in [0.1, 0.15) is 24.1 Å². The minimum absolute atomic E-state index is 0.0997. The van der Waals surface area contributed by atoms with Crippen molar-refractivity contribution in [2.24, 2.45) is 0 Å². The van der Waals surface area contributed by atoms with E-state index in [0.29, 0.717) is 24.6 Å². The highest BCUT2D eigenvalue weighted by Gasteiger charge is 2.30. The minimum Gasteiger partial charge on any atom is -0.492 e. The van der Waals surface area contributed by atoms with Gasteiger partial charge in [0.1, 0.15) is 5.75 Å². The second-order valence-electron chi connectivity index (χ2n) is 5.70. The number of carbonyl (C=O) groups excluding carboxylic acids is 1. The minimum atomic E-state index is -0.325. The van der Waals surface area contributed by atoms with E-state index in [2.05, 4.69) is 11.4 Å². The van der Waals surface area contributed by atoms with Gasteiger partial charge in [0.2, 0.25) is 0 Å². The van der Waals surface area contributed by atoms with Gasteiger partial charge in [-0.15, -0.1) is 0 Å². The quantitative estimate of drug-likeness (QED) is 0.907. The van der Waals surface area contributed by atoms with E-state index in [0.717, 1.165) is 12.0 Å². The highest BCUT2D eigenvalue weighted by Crippen LogP contribution is 2.31. The van der Waals surface area contributed by atoms with E-state index in [1.165, 1.54) is 5.56 Å². The first-order valence-electron chi connectivity index (χ1n) is 8.22. The van der Waals surface area contributed by atoms with Gasteiger partial charge in [-0.25, -0.2) is 4.79 Å². The smallest absolute Gasteiger partial charge is 0.322 e. The number of para-hydroxylation sites is 2. The van der Waals surface area contributed by atoms with Crippen LogP contribution in [-0.4, -0.2) is 35.8 Å². The molecule has 3 rings (SSSR count). The van der Waals surface area contributed by atoms with Crippen LogP contribution in [0.5, 0.6) is 5.75 Å². The zero-order chi connectivity index (χ0) is 16.9. The van der Waals surface area contributed by atoms with Crippen LogP contribution in [0.15, 0.2) is 48.5 Å². The fraction of sp³-hybridized carbons (Fsp3) is 0.316. The lowest BCUT2D eigenvalue weighted by Crippen LogP contribution is -2.43. The third-order valence-electron chi connectivity index (χ3n) is 4.27. The SMILES string of the molecule is CCOc1ccccc1NC(=O)N1CCc2ccccc2C1CO. The van der Waals surface area contributed by atoms with Crippen LogP contribution in [0.4, 0.5) is 10.5 Å². The molecule has 24 heavy (non-hydrogen) atoms. The standard InChI is InChI=1S/C19H22N2O3/c1-2-24-18-10-6-5-9-16(18)20-19(23)21-12-11-14-7-3-4-8-15(14)17(21)13-22/h3-10,17,22H,2,11-13H2,1H3,(H,20,23). The maximum Gasteiger partial charge on any atom is 0.322 e. The Bertz CT molecular complexity index is 717. The zero-order valence-corrected chi connectivity index (χ0v) is 13.7. The van der Waals surface area contributed by atoms with Crippen LogP contribution in [0, 0.1) is 0 Å². The Kier molecular flexibility index (Phi) is 5.01. The summed E-state index contributed by atoms with van der Waals surface area (Å²) < 4.78 is 5.55. The van der Waals surface area contributed by atoms with Crippen molar-refractivity contribution in [3.05, 3.63) is 59.7 Å². The largest absolute Gasteiger partial charge is 0.492 e. The van der Waals surface area contributed by atoms with Gasteiger partial charge in [0.15, 0.2) is 0 Å². The molecule has 0 spiro atoms. The zero-order valence-electron chi connectivity index (χ0n) is 13.7. The van der Waals surface area contributed by atoms with E-state index in [4.69, 9.17) is 4.74 Å². The number of hydrogen-bond acceptors (Lipinski definition) is 3. The average Bonchev–Trinajstić information content (AvgIpc) is 2.62. The number of anilines is 1. The molecule has 2 aromatic rings. The third kappa shape index (κ3) is 3.21. The lowest BCUT2D eigenvalue weighted by atomic mass is 9.93. The summed E-state index contributed by atoms with van der Waals surface area (Å²) in [5, 5.41) is 12.7. The third-order valence-corrected chi connectivity index (χ3v) is 4.27. The average molecular weight is 326 g/mol. The molecule has 2 N–H and O–H groups in total. The van der Waals surface area contributed by atoms with E-state index in [1.807, 2.05) is 49.4 Å². The Balaban J connectivity index is 1.81. The molecule has 0 aromatic heterocycles. The maximum absolute atomic E-state index is 12.8. The molecular formula is C19H22N2O3. The molecule has 5 heteroatoms. The summed E-state index contributed by atoms with van der Waals surface area (Å²) in [6, 6.07) is 14.8. The van der Waals surface area contributed by atoms with Crippen molar-refractivity contribution >= 4 is 11.7 Å². The summed E-state index contributed by atoms with van der Waals surface area (Å²) in [7, 11) is 0. The van der Waals surface area contributed by atoms with Crippen molar-refractivity contribution in [2.45, 2.75) is 19.4 Å². The first-order chi connectivity index (χ1) is 11.7. The number of fused-ring (bicyclic) bond motifs is 1. The number of rotatable bonds is 4. The molecule has 0 aliphatic carbocycles. The van der Waals surface area contributed by atoms with Crippen LogP contribution < -0.4 is 10.1 Å². The van der Waals surface area contributed by atoms with Crippen molar-refractivity contribution in [1.82, 2.24) is 4.90 Å². The predicted octanol–water partition coefficient (Wildman–Crippen LogP) is 3.21. The Hall–Kier alpha value is -2.53. The number of ether oxygens (including phenoxy) is 1. The van der Waals surface area contributed by atoms with E-state index >= 15 is 0 Å². The van der Waals surface area contributed by atoms with Crippen LogP contribution in [0.25, 0.3) is 0 Å². The number of hydrogen-bond donors (Lipinski definition) is 2. The molecule has 0 radical (unpaired) electrons. The van der Waals surface area contributed by atoms with Crippen LogP contribution in [-0.2, 0) is 6.42 Å². The monoisotopic (exact) mass is 326 g/mol. The Morgan fingerprint density at radius 1 is 1.25 bits per heavy atom. The van der Waals surface area contributed by atoms with Gasteiger partial charge in [-0.2, -0.15) is 0 Å². The molecule has 0 fully saturated rings. The number of urea groups is 1. The number of carbonyl (C=O) groups is 1. The Morgan fingerprint density at radius 3 is 2.79 bits per heavy atom.